The fourth-order valence-electron chi connectivity index (χ4n) is 3.11. The Morgan fingerprint density at radius 2 is 2.12 bits per heavy atom. The molecule has 0 aliphatic carbocycles. The van der Waals surface area contributed by atoms with E-state index in [0.717, 1.165) is 23.6 Å². The molecule has 0 saturated carbocycles. The molecule has 1 aliphatic rings. The van der Waals surface area contributed by atoms with E-state index in [1.165, 1.54) is 0 Å². The van der Waals surface area contributed by atoms with Gasteiger partial charge < -0.3 is 14.9 Å². The normalized spacial score (nSPS) is 21.3. The number of aliphatic hydroxyl groups is 1. The highest BCUT2D eigenvalue weighted by Gasteiger charge is 2.29. The van der Waals surface area contributed by atoms with Crippen molar-refractivity contribution in [2.75, 3.05) is 13.1 Å². The molecule has 1 aliphatic heterocycles. The molecule has 1 amide bonds. The topological polar surface area (TPSA) is 78.6 Å². The van der Waals surface area contributed by atoms with Gasteiger partial charge in [-0.15, -0.1) is 0 Å². The number of carbonyl (C=O) groups excluding carboxylic acids is 1. The Kier molecular flexibility index (Phi) is 5.42. The third-order valence-electron chi connectivity index (χ3n) is 4.65. The molecule has 0 bridgehead atoms. The number of aliphatic hydroxyl groups excluding tert-OH is 1. The van der Waals surface area contributed by atoms with Crippen molar-refractivity contribution in [3.8, 4) is 0 Å². The van der Waals surface area contributed by atoms with Gasteiger partial charge >= 0.3 is 0 Å². The molecule has 2 N–H and O–H groups in total. The number of halogens is 1. The Morgan fingerprint density at radius 1 is 1.40 bits per heavy atom. The van der Waals surface area contributed by atoms with Crippen LogP contribution in [0.2, 0.25) is 5.02 Å². The molecule has 1 aromatic heterocycles. The van der Waals surface area contributed by atoms with E-state index >= 15 is 0 Å². The summed E-state index contributed by atoms with van der Waals surface area (Å²) >= 11 is 5.84. The molecule has 1 saturated heterocycles. The average Bonchev–Trinajstić information content (AvgIpc) is 2.90. The monoisotopic (exact) mass is 363 g/mol. The van der Waals surface area contributed by atoms with E-state index in [1.807, 2.05) is 13.8 Å². The first-order valence-corrected chi connectivity index (χ1v) is 8.70. The average molecular weight is 364 g/mol. The number of rotatable bonds is 4. The highest BCUT2D eigenvalue weighted by atomic mass is 35.5. The Bertz CT molecular complexity index is 725. The summed E-state index contributed by atoms with van der Waals surface area (Å²) in [4.78, 5) is 14.5. The lowest BCUT2D eigenvalue weighted by Crippen LogP contribution is -2.53. The second-order valence-corrected chi connectivity index (χ2v) is 6.92. The second-order valence-electron chi connectivity index (χ2n) is 6.48. The minimum Gasteiger partial charge on any atom is -0.390 e. The highest BCUT2D eigenvalue weighted by Crippen LogP contribution is 2.19. The number of nitrogens with zero attached hydrogens (tertiary/aromatic N) is 2. The Morgan fingerprint density at radius 3 is 2.72 bits per heavy atom. The van der Waals surface area contributed by atoms with Crippen LogP contribution >= 0.6 is 11.6 Å². The lowest BCUT2D eigenvalue weighted by molar-refractivity contribution is 0.0347. The number of hydrogen-bond acceptors (Lipinski definition) is 5. The largest absolute Gasteiger partial charge is 0.390 e. The molecule has 1 fully saturated rings. The molecule has 2 atom stereocenters. The maximum Gasteiger partial charge on any atom is 0.251 e. The highest BCUT2D eigenvalue weighted by molar-refractivity contribution is 6.30. The molecule has 0 radical (unpaired) electrons. The van der Waals surface area contributed by atoms with Crippen molar-refractivity contribution in [1.29, 1.82) is 0 Å². The van der Waals surface area contributed by atoms with Crippen LogP contribution in [0.25, 0.3) is 0 Å². The van der Waals surface area contributed by atoms with Crippen LogP contribution in [-0.2, 0) is 6.54 Å². The minimum atomic E-state index is -0.620. The van der Waals surface area contributed by atoms with Gasteiger partial charge in [0.2, 0.25) is 0 Å². The number of aromatic nitrogens is 1. The van der Waals surface area contributed by atoms with E-state index in [4.69, 9.17) is 16.1 Å². The van der Waals surface area contributed by atoms with E-state index in [0.29, 0.717) is 30.1 Å². The van der Waals surface area contributed by atoms with Crippen LogP contribution in [0.5, 0.6) is 0 Å². The number of likely N-dealkylation sites (tertiary alicyclic amines) is 1. The molecule has 2 heterocycles. The number of nitrogens with one attached hydrogen (secondary N) is 1. The third-order valence-corrected chi connectivity index (χ3v) is 4.90. The molecule has 1 aromatic carbocycles. The van der Waals surface area contributed by atoms with Crippen molar-refractivity contribution in [3.63, 3.8) is 0 Å². The zero-order valence-corrected chi connectivity index (χ0v) is 15.1. The molecule has 25 heavy (non-hydrogen) atoms. The van der Waals surface area contributed by atoms with Crippen molar-refractivity contribution >= 4 is 17.5 Å². The fourth-order valence-corrected chi connectivity index (χ4v) is 3.24. The SMILES string of the molecule is Cc1noc(C)c1CN1CC[C@@H](NC(=O)c2ccc(Cl)cc2)[C@H](O)C1. The number of carbonyl (C=O) groups is 1. The summed E-state index contributed by atoms with van der Waals surface area (Å²) in [7, 11) is 0. The molecule has 3 rings (SSSR count). The van der Waals surface area contributed by atoms with Crippen LogP contribution in [-0.4, -0.2) is 46.3 Å². The number of amides is 1. The number of benzene rings is 1. The molecule has 0 spiro atoms. The van der Waals surface area contributed by atoms with Crippen molar-refractivity contribution in [3.05, 3.63) is 51.9 Å². The van der Waals surface area contributed by atoms with Gasteiger partial charge in [0.1, 0.15) is 5.76 Å². The van der Waals surface area contributed by atoms with E-state index in [-0.39, 0.29) is 11.9 Å². The first kappa shape index (κ1) is 17.9. The zero-order chi connectivity index (χ0) is 18.0. The predicted octanol–water partition coefficient (Wildman–Crippen LogP) is 2.31. The molecule has 7 heteroatoms. The predicted molar refractivity (Wildman–Crippen MR) is 94.6 cm³/mol. The van der Waals surface area contributed by atoms with E-state index in [1.54, 1.807) is 24.3 Å². The summed E-state index contributed by atoms with van der Waals surface area (Å²) in [5.41, 5.74) is 2.48. The van der Waals surface area contributed by atoms with Crippen LogP contribution in [0.4, 0.5) is 0 Å². The standard InChI is InChI=1S/C18H22ClN3O3/c1-11-15(12(2)25-21-11)9-22-8-7-16(17(23)10-22)20-18(24)13-3-5-14(19)6-4-13/h3-6,16-17,23H,7-10H2,1-2H3,(H,20,24)/t16-,17-/m1/s1. The molecular formula is C18H22ClN3O3. The minimum absolute atomic E-state index is 0.195. The second kappa shape index (κ2) is 7.56. The Balaban J connectivity index is 1.56. The van der Waals surface area contributed by atoms with Crippen LogP contribution in [0, 0.1) is 13.8 Å². The van der Waals surface area contributed by atoms with E-state index < -0.39 is 6.10 Å². The molecule has 2 aromatic rings. The lowest BCUT2D eigenvalue weighted by atomic mass is 10.0. The van der Waals surface area contributed by atoms with Crippen LogP contribution in [0.1, 0.15) is 33.8 Å². The number of hydrogen-bond donors (Lipinski definition) is 2. The first-order chi connectivity index (χ1) is 11.9. The van der Waals surface area contributed by atoms with Gasteiger partial charge in [0.05, 0.1) is 17.8 Å². The van der Waals surface area contributed by atoms with Crippen molar-refractivity contribution in [2.45, 2.75) is 39.0 Å². The smallest absolute Gasteiger partial charge is 0.251 e. The summed E-state index contributed by atoms with van der Waals surface area (Å²) in [5, 5.41) is 17.9. The van der Waals surface area contributed by atoms with Crippen LogP contribution < -0.4 is 5.32 Å². The van der Waals surface area contributed by atoms with Crippen LogP contribution in [0.3, 0.4) is 0 Å². The van der Waals surface area contributed by atoms with Crippen LogP contribution in [0.15, 0.2) is 28.8 Å². The quantitative estimate of drug-likeness (QED) is 0.871. The van der Waals surface area contributed by atoms with Gasteiger partial charge in [-0.3, -0.25) is 9.69 Å². The number of piperidine rings is 1. The zero-order valence-electron chi connectivity index (χ0n) is 14.3. The summed E-state index contributed by atoms with van der Waals surface area (Å²) in [6.45, 7) is 5.78. The van der Waals surface area contributed by atoms with E-state index in [9.17, 15) is 9.90 Å². The maximum absolute atomic E-state index is 12.3. The third kappa shape index (κ3) is 4.21. The maximum atomic E-state index is 12.3. The van der Waals surface area contributed by atoms with Gasteiger partial charge in [0.25, 0.3) is 5.91 Å². The van der Waals surface area contributed by atoms with Gasteiger partial charge in [0, 0.05) is 35.8 Å². The summed E-state index contributed by atoms with van der Waals surface area (Å²) in [6, 6.07) is 6.45. The van der Waals surface area contributed by atoms with Gasteiger partial charge in [-0.05, 0) is 44.5 Å². The molecule has 0 unspecified atom stereocenters. The Hall–Kier alpha value is -1.89. The summed E-state index contributed by atoms with van der Waals surface area (Å²) < 4.78 is 5.19. The first-order valence-electron chi connectivity index (χ1n) is 8.32. The molecule has 134 valence electrons. The Labute approximate surface area is 151 Å². The van der Waals surface area contributed by atoms with Gasteiger partial charge in [0.15, 0.2) is 0 Å². The van der Waals surface area contributed by atoms with Crippen molar-refractivity contribution in [2.24, 2.45) is 0 Å². The molecule has 6 nitrogen and oxygen atoms in total. The van der Waals surface area contributed by atoms with Gasteiger partial charge in [-0.1, -0.05) is 16.8 Å². The number of β-amino-alcohol motifs (C(OH)–C–C–N with tert-alkyl or cyclic N) is 1. The van der Waals surface area contributed by atoms with Gasteiger partial charge in [-0.2, -0.15) is 0 Å². The lowest BCUT2D eigenvalue weighted by Gasteiger charge is -2.36. The van der Waals surface area contributed by atoms with Gasteiger partial charge in [-0.25, -0.2) is 0 Å². The molecular weight excluding hydrogens is 342 g/mol. The summed E-state index contributed by atoms with van der Waals surface area (Å²) in [6.07, 6.45) is 0.0645. The summed E-state index contributed by atoms with van der Waals surface area (Å²) in [5.74, 6) is 0.616. The van der Waals surface area contributed by atoms with Crippen molar-refractivity contribution in [1.82, 2.24) is 15.4 Å². The van der Waals surface area contributed by atoms with Crippen molar-refractivity contribution < 1.29 is 14.4 Å². The number of aryl methyl sites for hydroxylation is 2. The fraction of sp³-hybridized carbons (Fsp3) is 0.444. The van der Waals surface area contributed by atoms with E-state index in [2.05, 4.69) is 15.4 Å².